The topological polar surface area (TPSA) is 84.6 Å². The molecule has 0 spiro atoms. The molecule has 0 unspecified atom stereocenters. The fraction of sp³-hybridized carbons (Fsp3) is 0.556. The molecular weight excluding hydrogens is 238 g/mol. The number of nitrogens with zero attached hydrogens (tertiary/aromatic N) is 2. The van der Waals surface area contributed by atoms with Crippen LogP contribution in [0.4, 0.5) is 8.78 Å². The van der Waals surface area contributed by atoms with Crippen LogP contribution in [0.25, 0.3) is 0 Å². The number of ether oxygens (including phenoxy) is 1. The van der Waals surface area contributed by atoms with Crippen LogP contribution in [0, 0.1) is 0 Å². The van der Waals surface area contributed by atoms with Crippen LogP contribution < -0.4 is 5.69 Å². The van der Waals surface area contributed by atoms with E-state index in [4.69, 9.17) is 9.84 Å². The quantitative estimate of drug-likeness (QED) is 0.710. The summed E-state index contributed by atoms with van der Waals surface area (Å²) in [6.45, 7) is -0.762. The van der Waals surface area contributed by atoms with Crippen molar-refractivity contribution in [3.05, 3.63) is 28.9 Å². The van der Waals surface area contributed by atoms with E-state index < -0.39 is 36.7 Å². The highest BCUT2D eigenvalue weighted by atomic mass is 19.3. The molecule has 0 aliphatic carbocycles. The van der Waals surface area contributed by atoms with Gasteiger partial charge in [-0.15, -0.1) is 0 Å². The van der Waals surface area contributed by atoms with E-state index in [9.17, 15) is 18.7 Å². The van der Waals surface area contributed by atoms with E-state index >= 15 is 0 Å². The summed E-state index contributed by atoms with van der Waals surface area (Å²) in [5, 5.41) is 18.0. The van der Waals surface area contributed by atoms with E-state index in [1.54, 1.807) is 0 Å². The Bertz CT molecular complexity index is 464. The van der Waals surface area contributed by atoms with Gasteiger partial charge >= 0.3 is 11.6 Å². The molecule has 17 heavy (non-hydrogen) atoms. The SMILES string of the molecule is O=c1ncccn1[C@@H]1O[C@H](CO)[C@H](O)C1(F)F. The molecule has 1 aliphatic heterocycles. The molecule has 2 rings (SSSR count). The first-order valence-corrected chi connectivity index (χ1v) is 4.84. The van der Waals surface area contributed by atoms with Crippen molar-refractivity contribution in [2.45, 2.75) is 24.4 Å². The zero-order chi connectivity index (χ0) is 12.6. The van der Waals surface area contributed by atoms with Crippen molar-refractivity contribution in [2.75, 3.05) is 6.61 Å². The van der Waals surface area contributed by atoms with Gasteiger partial charge in [0.1, 0.15) is 6.10 Å². The molecule has 1 aromatic heterocycles. The Morgan fingerprint density at radius 3 is 2.82 bits per heavy atom. The van der Waals surface area contributed by atoms with Gasteiger partial charge in [-0.05, 0) is 6.07 Å². The highest BCUT2D eigenvalue weighted by Gasteiger charge is 2.59. The summed E-state index contributed by atoms with van der Waals surface area (Å²) in [6.07, 6.45) is -3.31. The predicted molar refractivity (Wildman–Crippen MR) is 50.4 cm³/mol. The number of hydrogen-bond acceptors (Lipinski definition) is 5. The van der Waals surface area contributed by atoms with Crippen molar-refractivity contribution in [1.29, 1.82) is 0 Å². The van der Waals surface area contributed by atoms with Crippen LogP contribution in [0.2, 0.25) is 0 Å². The van der Waals surface area contributed by atoms with Gasteiger partial charge in [-0.2, -0.15) is 8.78 Å². The predicted octanol–water partition coefficient (Wildman–Crippen LogP) is -0.871. The average molecular weight is 248 g/mol. The molecule has 3 atom stereocenters. The third-order valence-electron chi connectivity index (χ3n) is 2.55. The Kier molecular flexibility index (Phi) is 2.94. The van der Waals surface area contributed by atoms with Crippen LogP contribution in [-0.4, -0.2) is 44.5 Å². The number of aliphatic hydroxyl groups is 2. The molecule has 6 nitrogen and oxygen atoms in total. The van der Waals surface area contributed by atoms with Gasteiger partial charge in [0.05, 0.1) is 6.61 Å². The summed E-state index contributed by atoms with van der Waals surface area (Å²) in [4.78, 5) is 14.6. The van der Waals surface area contributed by atoms with Gasteiger partial charge in [-0.1, -0.05) is 0 Å². The summed E-state index contributed by atoms with van der Waals surface area (Å²) in [6, 6.07) is 1.29. The lowest BCUT2D eigenvalue weighted by Crippen LogP contribution is -2.41. The van der Waals surface area contributed by atoms with Crippen molar-refractivity contribution in [3.63, 3.8) is 0 Å². The van der Waals surface area contributed by atoms with Gasteiger partial charge in [0.2, 0.25) is 6.23 Å². The first-order chi connectivity index (χ1) is 7.98. The summed E-state index contributed by atoms with van der Waals surface area (Å²) in [5.74, 6) is -3.67. The standard InChI is InChI=1S/C9H10F2N2O4/c10-9(11)6(15)5(4-14)17-7(9)13-3-1-2-12-8(13)16/h1-3,5-7,14-15H,4H2/t5-,6+,7-/m1/s1. The molecule has 94 valence electrons. The fourth-order valence-electron chi connectivity index (χ4n) is 1.67. The second kappa shape index (κ2) is 4.13. The van der Waals surface area contributed by atoms with Gasteiger partial charge in [-0.3, -0.25) is 4.57 Å². The lowest BCUT2D eigenvalue weighted by molar-refractivity contribution is -0.141. The molecule has 0 bridgehead atoms. The molecule has 2 N–H and O–H groups in total. The van der Waals surface area contributed by atoms with Gasteiger partial charge in [0.15, 0.2) is 6.10 Å². The summed E-state index contributed by atoms with van der Waals surface area (Å²) in [7, 11) is 0. The van der Waals surface area contributed by atoms with E-state index in [0.29, 0.717) is 4.57 Å². The number of halogens is 2. The van der Waals surface area contributed by atoms with Crippen molar-refractivity contribution in [3.8, 4) is 0 Å². The molecule has 0 amide bonds. The largest absolute Gasteiger partial charge is 0.394 e. The molecule has 0 aromatic carbocycles. The van der Waals surface area contributed by atoms with E-state index in [1.807, 2.05) is 0 Å². The van der Waals surface area contributed by atoms with E-state index in [-0.39, 0.29) is 0 Å². The monoisotopic (exact) mass is 248 g/mol. The first kappa shape index (κ1) is 12.1. The normalized spacial score (nSPS) is 31.6. The molecular formula is C9H10F2N2O4. The van der Waals surface area contributed by atoms with Crippen molar-refractivity contribution in [2.24, 2.45) is 0 Å². The number of hydrogen-bond donors (Lipinski definition) is 2. The van der Waals surface area contributed by atoms with Gasteiger partial charge in [-0.25, -0.2) is 9.78 Å². The average Bonchev–Trinajstić information content (AvgIpc) is 2.52. The maximum atomic E-state index is 13.6. The number of aliphatic hydroxyl groups excluding tert-OH is 2. The van der Waals surface area contributed by atoms with Gasteiger partial charge in [0.25, 0.3) is 0 Å². The zero-order valence-electron chi connectivity index (χ0n) is 8.53. The van der Waals surface area contributed by atoms with Crippen molar-refractivity contribution < 1.29 is 23.7 Å². The van der Waals surface area contributed by atoms with E-state index in [2.05, 4.69) is 4.98 Å². The highest BCUT2D eigenvalue weighted by Crippen LogP contribution is 2.41. The Morgan fingerprint density at radius 2 is 2.29 bits per heavy atom. The summed E-state index contributed by atoms with van der Waals surface area (Å²) < 4.78 is 32.6. The molecule has 0 saturated carbocycles. The smallest absolute Gasteiger partial charge is 0.349 e. The molecule has 1 aliphatic rings. The number of rotatable bonds is 2. The minimum absolute atomic E-state index is 0.582. The minimum Gasteiger partial charge on any atom is -0.394 e. The fourth-order valence-corrected chi connectivity index (χ4v) is 1.67. The highest BCUT2D eigenvalue weighted by molar-refractivity contribution is 4.97. The van der Waals surface area contributed by atoms with Crippen LogP contribution in [0.3, 0.4) is 0 Å². The second-order valence-electron chi connectivity index (χ2n) is 3.64. The second-order valence-corrected chi connectivity index (χ2v) is 3.64. The van der Waals surface area contributed by atoms with Crippen LogP contribution in [0.1, 0.15) is 6.23 Å². The maximum absolute atomic E-state index is 13.6. The van der Waals surface area contributed by atoms with E-state index in [0.717, 1.165) is 12.4 Å². The Labute approximate surface area is 94.1 Å². The molecule has 8 heteroatoms. The van der Waals surface area contributed by atoms with Crippen molar-refractivity contribution >= 4 is 0 Å². The lowest BCUT2D eigenvalue weighted by atomic mass is 10.1. The molecule has 2 heterocycles. The molecule has 1 saturated heterocycles. The van der Waals surface area contributed by atoms with Crippen LogP contribution in [-0.2, 0) is 4.74 Å². The molecule has 1 aromatic rings. The number of aromatic nitrogens is 2. The van der Waals surface area contributed by atoms with Crippen LogP contribution >= 0.6 is 0 Å². The summed E-state index contributed by atoms with van der Waals surface area (Å²) in [5.41, 5.74) is -0.914. The van der Waals surface area contributed by atoms with Crippen LogP contribution in [0.5, 0.6) is 0 Å². The molecule has 1 fully saturated rings. The third kappa shape index (κ3) is 1.84. The van der Waals surface area contributed by atoms with Gasteiger partial charge in [0, 0.05) is 12.4 Å². The number of alkyl halides is 2. The third-order valence-corrected chi connectivity index (χ3v) is 2.55. The Morgan fingerprint density at radius 1 is 1.59 bits per heavy atom. The van der Waals surface area contributed by atoms with Crippen LogP contribution in [0.15, 0.2) is 23.3 Å². The summed E-state index contributed by atoms with van der Waals surface area (Å²) >= 11 is 0. The Balaban J connectivity index is 2.41. The lowest BCUT2D eigenvalue weighted by Gasteiger charge is -2.20. The zero-order valence-corrected chi connectivity index (χ0v) is 8.53. The Hall–Kier alpha value is -1.38. The van der Waals surface area contributed by atoms with E-state index in [1.165, 1.54) is 6.07 Å². The van der Waals surface area contributed by atoms with Gasteiger partial charge < -0.3 is 14.9 Å². The minimum atomic E-state index is -3.67. The van der Waals surface area contributed by atoms with Crippen molar-refractivity contribution in [1.82, 2.24) is 9.55 Å². The maximum Gasteiger partial charge on any atom is 0.349 e. The first-order valence-electron chi connectivity index (χ1n) is 4.84. The molecule has 0 radical (unpaired) electrons.